The van der Waals surface area contributed by atoms with Crippen molar-refractivity contribution < 1.29 is 0 Å². The molecule has 1 unspecified atom stereocenters. The summed E-state index contributed by atoms with van der Waals surface area (Å²) in [7, 11) is 0. The van der Waals surface area contributed by atoms with Gasteiger partial charge in [-0.3, -0.25) is 0 Å². The van der Waals surface area contributed by atoms with Crippen molar-refractivity contribution in [1.82, 2.24) is 0 Å². The predicted octanol–water partition coefficient (Wildman–Crippen LogP) is 6.58. The lowest BCUT2D eigenvalue weighted by Crippen LogP contribution is -1.97. The van der Waals surface area contributed by atoms with Gasteiger partial charge in [0.15, 0.2) is 0 Å². The van der Waals surface area contributed by atoms with Crippen LogP contribution in [0.4, 0.5) is 0 Å². The van der Waals surface area contributed by atoms with Crippen LogP contribution in [0.25, 0.3) is 0 Å². The first-order valence-corrected chi connectivity index (χ1v) is 8.82. The zero-order valence-electron chi connectivity index (χ0n) is 12.0. The van der Waals surface area contributed by atoms with Gasteiger partial charge in [0.05, 0.1) is 4.83 Å². The van der Waals surface area contributed by atoms with E-state index in [2.05, 4.69) is 88.2 Å². The fourth-order valence-corrected chi connectivity index (χ4v) is 3.50. The summed E-state index contributed by atoms with van der Waals surface area (Å²) in [4.78, 5) is 0.250. The molecule has 0 nitrogen and oxygen atoms in total. The second kappa shape index (κ2) is 7.42. The highest BCUT2D eigenvalue weighted by Crippen LogP contribution is 2.35. The number of unbranched alkanes of at least 4 members (excludes halogenated alkanes) is 1. The molecule has 0 aliphatic rings. The fraction of sp³-hybridized carbons (Fsp3) is 0.333. The topological polar surface area (TPSA) is 0 Å². The number of aryl methyl sites for hydroxylation is 1. The normalized spacial score (nSPS) is 12.4. The standard InChI is InChI=1S/C18H20Br2/c1-3-4-6-14-9-11-15(12-10-14)18(20)16-7-5-8-17(19)13(16)2/h5,7-12,18H,3-4,6H2,1-2H3. The van der Waals surface area contributed by atoms with Crippen LogP contribution in [0, 0.1) is 6.92 Å². The summed E-state index contributed by atoms with van der Waals surface area (Å²) in [5.41, 5.74) is 5.36. The zero-order chi connectivity index (χ0) is 14.5. The number of hydrogen-bond acceptors (Lipinski definition) is 0. The van der Waals surface area contributed by atoms with Crippen molar-refractivity contribution in [2.24, 2.45) is 0 Å². The summed E-state index contributed by atoms with van der Waals surface area (Å²) >= 11 is 7.44. The number of benzene rings is 2. The molecule has 0 spiro atoms. The Labute approximate surface area is 138 Å². The number of halogens is 2. The van der Waals surface area contributed by atoms with Gasteiger partial charge in [-0.1, -0.05) is 81.6 Å². The molecule has 2 heteroatoms. The summed E-state index contributed by atoms with van der Waals surface area (Å²) in [6.45, 7) is 4.39. The summed E-state index contributed by atoms with van der Waals surface area (Å²) < 4.78 is 1.17. The van der Waals surface area contributed by atoms with E-state index >= 15 is 0 Å². The van der Waals surface area contributed by atoms with Gasteiger partial charge in [0.1, 0.15) is 0 Å². The Bertz CT molecular complexity index is 558. The molecule has 20 heavy (non-hydrogen) atoms. The molecule has 0 heterocycles. The van der Waals surface area contributed by atoms with Crippen molar-refractivity contribution in [2.75, 3.05) is 0 Å². The van der Waals surface area contributed by atoms with Crippen LogP contribution >= 0.6 is 31.9 Å². The third-order valence-corrected chi connectivity index (χ3v) is 5.56. The number of rotatable bonds is 5. The quantitative estimate of drug-likeness (QED) is 0.501. The Morgan fingerprint density at radius 2 is 1.75 bits per heavy atom. The Hall–Kier alpha value is -0.600. The third-order valence-electron chi connectivity index (χ3n) is 3.67. The Balaban J connectivity index is 2.20. The molecule has 0 fully saturated rings. The maximum absolute atomic E-state index is 3.84. The van der Waals surface area contributed by atoms with Crippen LogP contribution < -0.4 is 0 Å². The highest BCUT2D eigenvalue weighted by atomic mass is 79.9. The van der Waals surface area contributed by atoms with E-state index in [1.54, 1.807) is 0 Å². The van der Waals surface area contributed by atoms with Crippen molar-refractivity contribution >= 4 is 31.9 Å². The van der Waals surface area contributed by atoms with Gasteiger partial charge in [-0.15, -0.1) is 0 Å². The number of alkyl halides is 1. The Morgan fingerprint density at radius 1 is 1.05 bits per heavy atom. The Morgan fingerprint density at radius 3 is 2.40 bits per heavy atom. The molecule has 0 aliphatic carbocycles. The second-order valence-corrected chi connectivity index (χ2v) is 6.93. The van der Waals surface area contributed by atoms with E-state index in [-0.39, 0.29) is 4.83 Å². The first kappa shape index (κ1) is 15.8. The summed E-state index contributed by atoms with van der Waals surface area (Å²) in [6.07, 6.45) is 3.70. The first-order chi connectivity index (χ1) is 9.63. The summed E-state index contributed by atoms with van der Waals surface area (Å²) in [5.74, 6) is 0. The van der Waals surface area contributed by atoms with Gasteiger partial charge < -0.3 is 0 Å². The molecular weight excluding hydrogens is 376 g/mol. The van der Waals surface area contributed by atoms with Gasteiger partial charge >= 0.3 is 0 Å². The van der Waals surface area contributed by atoms with Gasteiger partial charge in [0.25, 0.3) is 0 Å². The van der Waals surface area contributed by atoms with Crippen molar-refractivity contribution in [1.29, 1.82) is 0 Å². The molecule has 106 valence electrons. The molecule has 0 aromatic heterocycles. The minimum Gasteiger partial charge on any atom is -0.0786 e. The minimum absolute atomic E-state index is 0.250. The maximum atomic E-state index is 3.84. The molecule has 0 saturated carbocycles. The molecule has 2 aromatic carbocycles. The Kier molecular flexibility index (Phi) is 5.86. The van der Waals surface area contributed by atoms with Crippen molar-refractivity contribution in [3.05, 3.63) is 69.2 Å². The van der Waals surface area contributed by atoms with Gasteiger partial charge in [-0.25, -0.2) is 0 Å². The smallest absolute Gasteiger partial charge is 0.0647 e. The van der Waals surface area contributed by atoms with E-state index in [4.69, 9.17) is 0 Å². The predicted molar refractivity (Wildman–Crippen MR) is 94.7 cm³/mol. The summed E-state index contributed by atoms with van der Waals surface area (Å²) in [5, 5.41) is 0. The highest BCUT2D eigenvalue weighted by molar-refractivity contribution is 9.10. The molecule has 0 radical (unpaired) electrons. The maximum Gasteiger partial charge on any atom is 0.0647 e. The average Bonchev–Trinajstić information content (AvgIpc) is 2.48. The average molecular weight is 396 g/mol. The van der Waals surface area contributed by atoms with E-state index in [1.807, 2.05) is 0 Å². The lowest BCUT2D eigenvalue weighted by Gasteiger charge is -2.15. The molecule has 0 amide bonds. The molecule has 1 atom stereocenters. The second-order valence-electron chi connectivity index (χ2n) is 5.16. The molecule has 0 saturated heterocycles. The van der Waals surface area contributed by atoms with Gasteiger partial charge in [0, 0.05) is 4.47 Å². The van der Waals surface area contributed by atoms with Crippen molar-refractivity contribution in [3.8, 4) is 0 Å². The zero-order valence-corrected chi connectivity index (χ0v) is 15.2. The highest BCUT2D eigenvalue weighted by Gasteiger charge is 2.13. The SMILES string of the molecule is CCCCc1ccc(C(Br)c2cccc(Br)c2C)cc1. The van der Waals surface area contributed by atoms with Crippen LogP contribution in [0.1, 0.15) is 46.8 Å². The minimum atomic E-state index is 0.250. The summed E-state index contributed by atoms with van der Waals surface area (Å²) in [6, 6.07) is 15.4. The monoisotopic (exact) mass is 394 g/mol. The molecule has 2 rings (SSSR count). The van der Waals surface area contributed by atoms with E-state index in [9.17, 15) is 0 Å². The molecule has 0 aliphatic heterocycles. The van der Waals surface area contributed by atoms with Crippen LogP contribution in [-0.4, -0.2) is 0 Å². The molecule has 2 aromatic rings. The van der Waals surface area contributed by atoms with E-state index in [0.29, 0.717) is 0 Å². The lowest BCUT2D eigenvalue weighted by molar-refractivity contribution is 0.795. The molecule has 0 bridgehead atoms. The third kappa shape index (κ3) is 3.73. The van der Waals surface area contributed by atoms with Crippen LogP contribution in [0.15, 0.2) is 46.9 Å². The van der Waals surface area contributed by atoms with Crippen molar-refractivity contribution in [3.63, 3.8) is 0 Å². The lowest BCUT2D eigenvalue weighted by atomic mass is 9.99. The van der Waals surface area contributed by atoms with Gasteiger partial charge in [0.2, 0.25) is 0 Å². The largest absolute Gasteiger partial charge is 0.0786 e. The number of hydrogen-bond donors (Lipinski definition) is 0. The van der Waals surface area contributed by atoms with Gasteiger partial charge in [-0.2, -0.15) is 0 Å². The van der Waals surface area contributed by atoms with Crippen LogP contribution in [-0.2, 0) is 6.42 Å². The molecular formula is C18H20Br2. The van der Waals surface area contributed by atoms with E-state index in [1.165, 1.54) is 46.0 Å². The van der Waals surface area contributed by atoms with Crippen LogP contribution in [0.2, 0.25) is 0 Å². The fourth-order valence-electron chi connectivity index (χ4n) is 2.31. The van der Waals surface area contributed by atoms with Crippen LogP contribution in [0.3, 0.4) is 0 Å². The molecule has 0 N–H and O–H groups in total. The first-order valence-electron chi connectivity index (χ1n) is 7.11. The van der Waals surface area contributed by atoms with E-state index in [0.717, 1.165) is 0 Å². The van der Waals surface area contributed by atoms with E-state index < -0.39 is 0 Å². The van der Waals surface area contributed by atoms with Gasteiger partial charge in [-0.05, 0) is 48.1 Å². The van der Waals surface area contributed by atoms with Crippen molar-refractivity contribution in [2.45, 2.75) is 37.9 Å². The van der Waals surface area contributed by atoms with Crippen LogP contribution in [0.5, 0.6) is 0 Å².